The Bertz CT molecular complexity index is 297. The molecule has 1 atom stereocenters. The molecule has 1 aliphatic rings. The van der Waals surface area contributed by atoms with E-state index in [1.165, 1.54) is 4.88 Å². The number of amides is 1. The molecular formula is C9H12N2OS. The molecule has 3 nitrogen and oxygen atoms in total. The second-order valence-electron chi connectivity index (χ2n) is 3.23. The third-order valence-electron chi connectivity index (χ3n) is 2.27. The number of carbonyl (C=O) groups is 1. The van der Waals surface area contributed by atoms with Crippen LogP contribution in [0, 0.1) is 0 Å². The largest absolute Gasteiger partial charge is 0.336 e. The van der Waals surface area contributed by atoms with E-state index in [9.17, 15) is 4.79 Å². The topological polar surface area (TPSA) is 46.3 Å². The molecule has 0 aliphatic carbocycles. The Morgan fingerprint density at radius 2 is 2.54 bits per heavy atom. The van der Waals surface area contributed by atoms with Gasteiger partial charge in [-0.25, -0.2) is 0 Å². The first kappa shape index (κ1) is 8.72. The average molecular weight is 196 g/mol. The van der Waals surface area contributed by atoms with Crippen LogP contribution in [-0.2, 0) is 11.3 Å². The lowest BCUT2D eigenvalue weighted by Crippen LogP contribution is -2.33. The van der Waals surface area contributed by atoms with Gasteiger partial charge < -0.3 is 10.6 Å². The fourth-order valence-electron chi connectivity index (χ4n) is 1.51. The lowest BCUT2D eigenvalue weighted by molar-refractivity contribution is -0.129. The molecule has 0 saturated carbocycles. The lowest BCUT2D eigenvalue weighted by Gasteiger charge is -2.14. The summed E-state index contributed by atoms with van der Waals surface area (Å²) < 4.78 is 0. The number of thiophene rings is 1. The maximum absolute atomic E-state index is 11.4. The Morgan fingerprint density at radius 1 is 1.69 bits per heavy atom. The summed E-state index contributed by atoms with van der Waals surface area (Å²) in [6, 6.07) is 3.78. The van der Waals surface area contributed by atoms with Gasteiger partial charge in [-0.2, -0.15) is 0 Å². The van der Waals surface area contributed by atoms with Gasteiger partial charge in [0, 0.05) is 11.4 Å². The minimum Gasteiger partial charge on any atom is -0.336 e. The summed E-state index contributed by atoms with van der Waals surface area (Å²) in [4.78, 5) is 14.5. The summed E-state index contributed by atoms with van der Waals surface area (Å²) >= 11 is 1.68. The Kier molecular flexibility index (Phi) is 2.33. The van der Waals surface area contributed by atoms with Crippen LogP contribution in [0.25, 0.3) is 0 Å². The third-order valence-corrected chi connectivity index (χ3v) is 3.13. The Balaban J connectivity index is 2.00. The van der Waals surface area contributed by atoms with E-state index in [1.807, 2.05) is 22.4 Å². The lowest BCUT2D eigenvalue weighted by atomic mass is 10.3. The van der Waals surface area contributed by atoms with E-state index < -0.39 is 0 Å². The fourth-order valence-corrected chi connectivity index (χ4v) is 2.23. The van der Waals surface area contributed by atoms with Crippen molar-refractivity contribution < 1.29 is 4.79 Å². The Hall–Kier alpha value is -0.870. The van der Waals surface area contributed by atoms with Crippen LogP contribution >= 0.6 is 11.3 Å². The van der Waals surface area contributed by atoms with Gasteiger partial charge in [-0.05, 0) is 17.9 Å². The predicted octanol–water partition coefficient (Wildman–Crippen LogP) is 0.808. The molecule has 1 aromatic heterocycles. The van der Waals surface area contributed by atoms with E-state index in [2.05, 4.69) is 0 Å². The molecule has 1 aliphatic heterocycles. The number of nitrogens with zero attached hydrogens (tertiary/aromatic N) is 1. The normalized spacial score (nSPS) is 22.7. The van der Waals surface area contributed by atoms with Crippen LogP contribution in [0.4, 0.5) is 0 Å². The first-order chi connectivity index (χ1) is 6.27. The quantitative estimate of drug-likeness (QED) is 0.760. The first-order valence-electron chi connectivity index (χ1n) is 4.34. The highest BCUT2D eigenvalue weighted by molar-refractivity contribution is 7.09. The maximum atomic E-state index is 11.4. The fraction of sp³-hybridized carbons (Fsp3) is 0.444. The van der Waals surface area contributed by atoms with E-state index in [4.69, 9.17) is 5.73 Å². The van der Waals surface area contributed by atoms with E-state index in [0.717, 1.165) is 19.5 Å². The summed E-state index contributed by atoms with van der Waals surface area (Å²) in [6.45, 7) is 1.53. The molecule has 4 heteroatoms. The maximum Gasteiger partial charge on any atom is 0.239 e. The van der Waals surface area contributed by atoms with Crippen molar-refractivity contribution in [2.24, 2.45) is 5.73 Å². The van der Waals surface area contributed by atoms with Gasteiger partial charge in [0.1, 0.15) is 0 Å². The summed E-state index contributed by atoms with van der Waals surface area (Å²) in [6.07, 6.45) is 0.796. The van der Waals surface area contributed by atoms with Crippen molar-refractivity contribution in [2.45, 2.75) is 19.0 Å². The molecule has 2 heterocycles. The predicted molar refractivity (Wildman–Crippen MR) is 52.3 cm³/mol. The van der Waals surface area contributed by atoms with E-state index in [1.54, 1.807) is 11.3 Å². The van der Waals surface area contributed by atoms with Gasteiger partial charge >= 0.3 is 0 Å². The second-order valence-corrected chi connectivity index (χ2v) is 4.27. The van der Waals surface area contributed by atoms with Crippen LogP contribution in [0.3, 0.4) is 0 Å². The Morgan fingerprint density at radius 3 is 3.08 bits per heavy atom. The van der Waals surface area contributed by atoms with Crippen molar-refractivity contribution in [3.05, 3.63) is 22.4 Å². The van der Waals surface area contributed by atoms with Gasteiger partial charge in [-0.3, -0.25) is 4.79 Å². The summed E-state index contributed by atoms with van der Waals surface area (Å²) in [5.74, 6) is 0.0911. The smallest absolute Gasteiger partial charge is 0.239 e. The molecule has 0 radical (unpaired) electrons. The molecule has 1 saturated heterocycles. The number of rotatable bonds is 2. The molecule has 13 heavy (non-hydrogen) atoms. The van der Waals surface area contributed by atoms with E-state index in [0.29, 0.717) is 0 Å². The molecule has 0 bridgehead atoms. The first-order valence-corrected chi connectivity index (χ1v) is 5.22. The van der Waals surface area contributed by atoms with Gasteiger partial charge in [0.25, 0.3) is 0 Å². The number of carbonyl (C=O) groups excluding carboxylic acids is 1. The van der Waals surface area contributed by atoms with E-state index in [-0.39, 0.29) is 11.9 Å². The van der Waals surface area contributed by atoms with Gasteiger partial charge in [0.2, 0.25) is 5.91 Å². The van der Waals surface area contributed by atoms with Crippen LogP contribution in [0.15, 0.2) is 17.5 Å². The highest BCUT2D eigenvalue weighted by atomic mass is 32.1. The van der Waals surface area contributed by atoms with Crippen LogP contribution in [-0.4, -0.2) is 23.4 Å². The van der Waals surface area contributed by atoms with Gasteiger partial charge in [0.05, 0.1) is 12.6 Å². The molecule has 70 valence electrons. The average Bonchev–Trinajstić information content (AvgIpc) is 2.71. The molecule has 0 unspecified atom stereocenters. The van der Waals surface area contributed by atoms with Crippen LogP contribution < -0.4 is 5.73 Å². The van der Waals surface area contributed by atoms with Crippen molar-refractivity contribution in [3.63, 3.8) is 0 Å². The summed E-state index contributed by atoms with van der Waals surface area (Å²) in [7, 11) is 0. The monoisotopic (exact) mass is 196 g/mol. The molecule has 0 spiro atoms. The number of hydrogen-bond donors (Lipinski definition) is 1. The minimum atomic E-state index is -0.264. The zero-order valence-electron chi connectivity index (χ0n) is 7.27. The van der Waals surface area contributed by atoms with Crippen molar-refractivity contribution in [1.29, 1.82) is 0 Å². The van der Waals surface area contributed by atoms with Crippen LogP contribution in [0.2, 0.25) is 0 Å². The Labute approximate surface area is 81.2 Å². The van der Waals surface area contributed by atoms with Crippen LogP contribution in [0.1, 0.15) is 11.3 Å². The standard InChI is InChI=1S/C9H12N2OS/c10-8-3-4-11(9(8)12)6-7-2-1-5-13-7/h1-2,5,8H,3-4,6,10H2/t8-/m0/s1. The highest BCUT2D eigenvalue weighted by Gasteiger charge is 2.28. The minimum absolute atomic E-state index is 0.0911. The van der Waals surface area contributed by atoms with Crippen molar-refractivity contribution in [2.75, 3.05) is 6.54 Å². The summed E-state index contributed by atoms with van der Waals surface area (Å²) in [5, 5.41) is 2.02. The zero-order valence-corrected chi connectivity index (χ0v) is 8.09. The molecule has 2 N–H and O–H groups in total. The molecule has 1 aromatic rings. The third kappa shape index (κ3) is 1.73. The van der Waals surface area contributed by atoms with Gasteiger partial charge in [-0.1, -0.05) is 6.07 Å². The van der Waals surface area contributed by atoms with E-state index >= 15 is 0 Å². The van der Waals surface area contributed by atoms with Crippen molar-refractivity contribution >= 4 is 17.2 Å². The van der Waals surface area contributed by atoms with Gasteiger partial charge in [-0.15, -0.1) is 11.3 Å². The number of nitrogens with two attached hydrogens (primary N) is 1. The second kappa shape index (κ2) is 3.47. The van der Waals surface area contributed by atoms with Gasteiger partial charge in [0.15, 0.2) is 0 Å². The van der Waals surface area contributed by atoms with Crippen molar-refractivity contribution in [1.82, 2.24) is 4.90 Å². The SMILES string of the molecule is N[C@H]1CCN(Cc2cccs2)C1=O. The molecule has 1 amide bonds. The molecule has 1 fully saturated rings. The number of hydrogen-bond acceptors (Lipinski definition) is 3. The summed E-state index contributed by atoms with van der Waals surface area (Å²) in [5.41, 5.74) is 5.61. The highest BCUT2D eigenvalue weighted by Crippen LogP contribution is 2.16. The number of likely N-dealkylation sites (tertiary alicyclic amines) is 1. The molecule has 2 rings (SSSR count). The van der Waals surface area contributed by atoms with Crippen molar-refractivity contribution in [3.8, 4) is 0 Å². The molecular weight excluding hydrogens is 184 g/mol. The van der Waals surface area contributed by atoms with Crippen LogP contribution in [0.5, 0.6) is 0 Å². The molecule has 0 aromatic carbocycles. The zero-order chi connectivity index (χ0) is 9.26.